The fourth-order valence-corrected chi connectivity index (χ4v) is 2.28. The highest BCUT2D eigenvalue weighted by molar-refractivity contribution is 7.99. The number of hydrogen-bond donors (Lipinski definition) is 0. The smallest absolute Gasteiger partial charge is 0.306 e. The van der Waals surface area contributed by atoms with Crippen LogP contribution in [-0.2, 0) is 15.4 Å². The van der Waals surface area contributed by atoms with Gasteiger partial charge in [-0.2, -0.15) is 0 Å². The van der Waals surface area contributed by atoms with Crippen molar-refractivity contribution >= 4 is 29.3 Å². The minimum Gasteiger partial charge on any atom is -0.466 e. The normalized spacial score (nSPS) is 10.1. The highest BCUT2D eigenvalue weighted by atomic mass is 35.5. The van der Waals surface area contributed by atoms with E-state index >= 15 is 0 Å². The summed E-state index contributed by atoms with van der Waals surface area (Å²) in [7, 11) is 0. The summed E-state index contributed by atoms with van der Waals surface area (Å²) >= 11 is 7.39. The van der Waals surface area contributed by atoms with E-state index in [4.69, 9.17) is 16.3 Å². The minimum atomic E-state index is -0.136. The van der Waals surface area contributed by atoms with E-state index in [9.17, 15) is 4.79 Å². The van der Waals surface area contributed by atoms with Gasteiger partial charge in [-0.05, 0) is 24.6 Å². The maximum Gasteiger partial charge on any atom is 0.306 e. The first-order valence-corrected chi connectivity index (χ1v) is 6.71. The Balaban J connectivity index is 2.34. The van der Waals surface area contributed by atoms with Gasteiger partial charge in [-0.1, -0.05) is 12.1 Å². The zero-order chi connectivity index (χ0) is 11.8. The van der Waals surface area contributed by atoms with Gasteiger partial charge in [0.25, 0.3) is 0 Å². The Bertz CT molecular complexity index is 342. The topological polar surface area (TPSA) is 26.3 Å². The highest BCUT2D eigenvalue weighted by Crippen LogP contribution is 2.20. The quantitative estimate of drug-likeness (QED) is 0.444. The van der Waals surface area contributed by atoms with Crippen LogP contribution in [0.5, 0.6) is 0 Å². The average molecular weight is 259 g/mol. The second kappa shape index (κ2) is 7.58. The van der Waals surface area contributed by atoms with Crippen molar-refractivity contribution in [2.24, 2.45) is 0 Å². The van der Waals surface area contributed by atoms with Crippen molar-refractivity contribution in [2.45, 2.75) is 24.1 Å². The summed E-state index contributed by atoms with van der Waals surface area (Å²) in [5, 5.41) is 0. The Morgan fingerprint density at radius 1 is 1.50 bits per heavy atom. The lowest BCUT2D eigenvalue weighted by Crippen LogP contribution is -2.04. The van der Waals surface area contributed by atoms with E-state index in [-0.39, 0.29) is 5.97 Å². The van der Waals surface area contributed by atoms with Gasteiger partial charge >= 0.3 is 5.97 Å². The number of esters is 1. The van der Waals surface area contributed by atoms with Crippen molar-refractivity contribution < 1.29 is 9.53 Å². The molecule has 0 heterocycles. The van der Waals surface area contributed by atoms with Crippen LogP contribution in [0.2, 0.25) is 0 Å². The summed E-state index contributed by atoms with van der Waals surface area (Å²) in [5.74, 6) is 1.13. The Morgan fingerprint density at radius 2 is 2.31 bits per heavy atom. The number of halogens is 1. The Hall–Kier alpha value is -0.670. The Labute approximate surface area is 105 Å². The lowest BCUT2D eigenvalue weighted by atomic mass is 10.2. The van der Waals surface area contributed by atoms with Gasteiger partial charge in [0.2, 0.25) is 0 Å². The molecule has 0 radical (unpaired) electrons. The van der Waals surface area contributed by atoms with E-state index in [1.807, 2.05) is 31.2 Å². The van der Waals surface area contributed by atoms with Crippen molar-refractivity contribution in [1.29, 1.82) is 0 Å². The molecule has 0 aliphatic rings. The van der Waals surface area contributed by atoms with E-state index in [1.165, 1.54) is 0 Å². The molecule has 1 aromatic carbocycles. The summed E-state index contributed by atoms with van der Waals surface area (Å²) in [4.78, 5) is 12.2. The molecule has 2 nitrogen and oxygen atoms in total. The predicted octanol–water partition coefficient (Wildman–Crippen LogP) is 3.47. The first-order valence-electron chi connectivity index (χ1n) is 5.19. The number of carbonyl (C=O) groups excluding carboxylic acids is 1. The van der Waals surface area contributed by atoms with Crippen molar-refractivity contribution in [1.82, 2.24) is 0 Å². The molecule has 0 unspecified atom stereocenters. The lowest BCUT2D eigenvalue weighted by Gasteiger charge is -2.03. The molecule has 0 spiro atoms. The summed E-state index contributed by atoms with van der Waals surface area (Å²) in [5.41, 5.74) is 1.10. The largest absolute Gasteiger partial charge is 0.466 e. The number of ether oxygens (including phenoxy) is 1. The van der Waals surface area contributed by atoms with Crippen LogP contribution in [0.15, 0.2) is 29.2 Å². The van der Waals surface area contributed by atoms with Crippen LogP contribution in [0.25, 0.3) is 0 Å². The van der Waals surface area contributed by atoms with Gasteiger partial charge in [-0.15, -0.1) is 23.4 Å². The molecule has 0 aliphatic carbocycles. The van der Waals surface area contributed by atoms with Crippen LogP contribution in [0.3, 0.4) is 0 Å². The SMILES string of the molecule is CCOC(=O)CCSc1cccc(CCl)c1. The monoisotopic (exact) mass is 258 g/mol. The standard InChI is InChI=1S/C12H15ClO2S/c1-2-15-12(14)6-7-16-11-5-3-4-10(8-11)9-13/h3-5,8H,2,6-7,9H2,1H3. The van der Waals surface area contributed by atoms with Gasteiger partial charge in [-0.3, -0.25) is 4.79 Å². The molecular formula is C12H15ClO2S. The maximum atomic E-state index is 11.1. The summed E-state index contributed by atoms with van der Waals surface area (Å²) < 4.78 is 4.85. The summed E-state index contributed by atoms with van der Waals surface area (Å²) in [6.45, 7) is 2.26. The molecule has 0 N–H and O–H groups in total. The van der Waals surface area contributed by atoms with Gasteiger partial charge in [0, 0.05) is 16.5 Å². The molecule has 88 valence electrons. The van der Waals surface area contributed by atoms with Crippen LogP contribution in [0.1, 0.15) is 18.9 Å². The highest BCUT2D eigenvalue weighted by Gasteiger charge is 2.02. The molecule has 0 atom stereocenters. The first kappa shape index (κ1) is 13.4. The molecule has 0 aliphatic heterocycles. The fraction of sp³-hybridized carbons (Fsp3) is 0.417. The number of alkyl halides is 1. The third kappa shape index (κ3) is 4.90. The molecule has 0 fully saturated rings. The molecule has 1 aromatic rings. The van der Waals surface area contributed by atoms with E-state index in [1.54, 1.807) is 11.8 Å². The molecule has 0 amide bonds. The van der Waals surface area contributed by atoms with E-state index in [0.29, 0.717) is 18.9 Å². The number of hydrogen-bond acceptors (Lipinski definition) is 3. The molecule has 0 aromatic heterocycles. The second-order valence-electron chi connectivity index (χ2n) is 3.18. The van der Waals surface area contributed by atoms with Crippen LogP contribution in [0, 0.1) is 0 Å². The van der Waals surface area contributed by atoms with Crippen LogP contribution >= 0.6 is 23.4 Å². The van der Waals surface area contributed by atoms with Gasteiger partial charge in [0.1, 0.15) is 0 Å². The molecular weight excluding hydrogens is 244 g/mol. The third-order valence-corrected chi connectivity index (χ3v) is 3.24. The molecule has 0 bridgehead atoms. The lowest BCUT2D eigenvalue weighted by molar-refractivity contribution is -0.142. The Kier molecular flexibility index (Phi) is 6.34. The number of carbonyl (C=O) groups is 1. The van der Waals surface area contributed by atoms with Gasteiger partial charge in [-0.25, -0.2) is 0 Å². The molecule has 0 saturated carbocycles. The average Bonchev–Trinajstić information content (AvgIpc) is 2.30. The molecule has 0 saturated heterocycles. The minimum absolute atomic E-state index is 0.136. The van der Waals surface area contributed by atoms with Crippen molar-refractivity contribution in [3.8, 4) is 0 Å². The number of rotatable bonds is 6. The van der Waals surface area contributed by atoms with Crippen LogP contribution < -0.4 is 0 Å². The zero-order valence-corrected chi connectivity index (χ0v) is 10.8. The summed E-state index contributed by atoms with van der Waals surface area (Å²) in [6.07, 6.45) is 0.448. The Morgan fingerprint density at radius 3 is 3.00 bits per heavy atom. The van der Waals surface area contributed by atoms with Crippen molar-refractivity contribution in [3.05, 3.63) is 29.8 Å². The molecule has 16 heavy (non-hydrogen) atoms. The first-order chi connectivity index (χ1) is 7.76. The van der Waals surface area contributed by atoms with Crippen molar-refractivity contribution in [2.75, 3.05) is 12.4 Å². The van der Waals surface area contributed by atoms with Crippen LogP contribution in [-0.4, -0.2) is 18.3 Å². The van der Waals surface area contributed by atoms with Crippen LogP contribution in [0.4, 0.5) is 0 Å². The molecule has 1 rings (SSSR count). The van der Waals surface area contributed by atoms with Gasteiger partial charge in [0.05, 0.1) is 13.0 Å². The second-order valence-corrected chi connectivity index (χ2v) is 4.62. The zero-order valence-electron chi connectivity index (χ0n) is 9.24. The van der Waals surface area contributed by atoms with E-state index < -0.39 is 0 Å². The number of thioether (sulfide) groups is 1. The van der Waals surface area contributed by atoms with E-state index in [2.05, 4.69) is 0 Å². The molecule has 4 heteroatoms. The van der Waals surface area contributed by atoms with Crippen molar-refractivity contribution in [3.63, 3.8) is 0 Å². The maximum absolute atomic E-state index is 11.1. The van der Waals surface area contributed by atoms with E-state index in [0.717, 1.165) is 16.2 Å². The van der Waals surface area contributed by atoms with Gasteiger partial charge < -0.3 is 4.74 Å². The fourth-order valence-electron chi connectivity index (χ4n) is 1.20. The third-order valence-electron chi connectivity index (χ3n) is 1.93. The summed E-state index contributed by atoms with van der Waals surface area (Å²) in [6, 6.07) is 8.03. The number of benzene rings is 1. The predicted molar refractivity (Wildman–Crippen MR) is 68.0 cm³/mol. The van der Waals surface area contributed by atoms with Gasteiger partial charge in [0.15, 0.2) is 0 Å².